The van der Waals surface area contributed by atoms with Crippen LogP contribution < -0.4 is 0 Å². The maximum Gasteiger partial charge on any atom is 0.324 e. The Morgan fingerprint density at radius 1 is 1.50 bits per heavy atom. The summed E-state index contributed by atoms with van der Waals surface area (Å²) in [5.41, 5.74) is -0.200. The van der Waals surface area contributed by atoms with Crippen LogP contribution in [-0.2, 0) is 14.3 Å². The predicted octanol–water partition coefficient (Wildman–Crippen LogP) is 2.26. The largest absolute Gasteiger partial charge is 0.465 e. The summed E-state index contributed by atoms with van der Waals surface area (Å²) < 4.78 is 5.11. The second kappa shape index (κ2) is 4.04. The zero-order valence-corrected chi connectivity index (χ0v) is 9.75. The summed E-state index contributed by atoms with van der Waals surface area (Å²) in [6, 6.07) is 0. The fourth-order valence-corrected chi connectivity index (χ4v) is 3.21. The highest BCUT2D eigenvalue weighted by atomic mass is 16.5. The van der Waals surface area contributed by atoms with E-state index in [-0.39, 0.29) is 17.7 Å². The van der Waals surface area contributed by atoms with Crippen LogP contribution in [0.3, 0.4) is 0 Å². The lowest BCUT2D eigenvalue weighted by Crippen LogP contribution is -2.47. The van der Waals surface area contributed by atoms with E-state index >= 15 is 0 Å². The van der Waals surface area contributed by atoms with E-state index in [2.05, 4.69) is 6.58 Å². The van der Waals surface area contributed by atoms with Crippen LogP contribution >= 0.6 is 0 Å². The fourth-order valence-electron chi connectivity index (χ4n) is 3.21. The molecule has 88 valence electrons. The van der Waals surface area contributed by atoms with Crippen LogP contribution in [0.25, 0.3) is 0 Å². The van der Waals surface area contributed by atoms with Gasteiger partial charge in [-0.05, 0) is 38.5 Å². The Balaban J connectivity index is 2.39. The third-order valence-corrected chi connectivity index (χ3v) is 3.96. The SMILES string of the molecule is C=C1CC[C@@H]2CCCC(=O)[C@]12C(=O)OCC. The number of rotatable bonds is 2. The first-order chi connectivity index (χ1) is 7.64. The highest BCUT2D eigenvalue weighted by Gasteiger charge is 2.58. The van der Waals surface area contributed by atoms with Gasteiger partial charge >= 0.3 is 5.97 Å². The summed E-state index contributed by atoms with van der Waals surface area (Å²) >= 11 is 0. The van der Waals surface area contributed by atoms with Crippen LogP contribution in [0.5, 0.6) is 0 Å². The molecule has 0 amide bonds. The molecule has 0 heterocycles. The van der Waals surface area contributed by atoms with E-state index in [0.29, 0.717) is 13.0 Å². The standard InChI is InChI=1S/C13H18O3/c1-3-16-12(15)13-9(2)7-8-10(13)5-4-6-11(13)14/h10H,2-8H2,1H3/t10-,13-/m0/s1. The molecule has 0 aromatic heterocycles. The van der Waals surface area contributed by atoms with Gasteiger partial charge in [0.2, 0.25) is 0 Å². The van der Waals surface area contributed by atoms with Gasteiger partial charge in [0.05, 0.1) is 6.61 Å². The molecule has 16 heavy (non-hydrogen) atoms. The summed E-state index contributed by atoms with van der Waals surface area (Å²) in [6.07, 6.45) is 4.04. The van der Waals surface area contributed by atoms with Crippen molar-refractivity contribution in [2.45, 2.75) is 39.0 Å². The average Bonchev–Trinajstić information content (AvgIpc) is 2.59. The van der Waals surface area contributed by atoms with Crippen molar-refractivity contribution in [2.75, 3.05) is 6.61 Å². The van der Waals surface area contributed by atoms with Gasteiger partial charge < -0.3 is 4.74 Å². The molecular formula is C13H18O3. The van der Waals surface area contributed by atoms with Crippen molar-refractivity contribution in [1.82, 2.24) is 0 Å². The van der Waals surface area contributed by atoms with Crippen molar-refractivity contribution in [2.24, 2.45) is 11.3 Å². The van der Waals surface area contributed by atoms with Crippen LogP contribution in [0.1, 0.15) is 39.0 Å². The van der Waals surface area contributed by atoms with Gasteiger partial charge in [-0.1, -0.05) is 12.2 Å². The minimum absolute atomic E-state index is 0.0321. The third-order valence-electron chi connectivity index (χ3n) is 3.96. The van der Waals surface area contributed by atoms with E-state index in [1.54, 1.807) is 6.92 Å². The Labute approximate surface area is 95.9 Å². The minimum Gasteiger partial charge on any atom is -0.465 e. The Kier molecular flexibility index (Phi) is 2.87. The van der Waals surface area contributed by atoms with Crippen LogP contribution in [0, 0.1) is 11.3 Å². The number of hydrogen-bond donors (Lipinski definition) is 0. The Hall–Kier alpha value is -1.12. The summed E-state index contributed by atoms with van der Waals surface area (Å²) in [5.74, 6) is -0.183. The summed E-state index contributed by atoms with van der Waals surface area (Å²) in [6.45, 7) is 6.04. The molecule has 0 unspecified atom stereocenters. The lowest BCUT2D eigenvalue weighted by Gasteiger charge is -2.36. The molecule has 0 N–H and O–H groups in total. The van der Waals surface area contributed by atoms with Gasteiger partial charge in [0.25, 0.3) is 0 Å². The number of carbonyl (C=O) groups is 2. The van der Waals surface area contributed by atoms with E-state index in [1.165, 1.54) is 0 Å². The predicted molar refractivity (Wildman–Crippen MR) is 59.8 cm³/mol. The van der Waals surface area contributed by atoms with Crippen molar-refractivity contribution in [3.63, 3.8) is 0 Å². The Morgan fingerprint density at radius 2 is 2.25 bits per heavy atom. The van der Waals surface area contributed by atoms with E-state index < -0.39 is 5.41 Å². The highest BCUT2D eigenvalue weighted by molar-refractivity contribution is 6.08. The maximum absolute atomic E-state index is 12.2. The minimum atomic E-state index is -0.978. The molecule has 0 aromatic carbocycles. The lowest BCUT2D eigenvalue weighted by atomic mass is 9.65. The molecule has 0 aromatic rings. The van der Waals surface area contributed by atoms with Gasteiger partial charge in [0.1, 0.15) is 5.41 Å². The van der Waals surface area contributed by atoms with E-state index in [9.17, 15) is 9.59 Å². The number of fused-ring (bicyclic) bond motifs is 1. The van der Waals surface area contributed by atoms with Gasteiger partial charge in [-0.15, -0.1) is 0 Å². The molecule has 2 fully saturated rings. The van der Waals surface area contributed by atoms with Crippen molar-refractivity contribution >= 4 is 11.8 Å². The molecule has 0 aliphatic heterocycles. The van der Waals surface area contributed by atoms with E-state index in [4.69, 9.17) is 4.74 Å². The van der Waals surface area contributed by atoms with Gasteiger partial charge in [-0.3, -0.25) is 9.59 Å². The Morgan fingerprint density at radius 3 is 2.94 bits per heavy atom. The molecule has 0 bridgehead atoms. The average molecular weight is 222 g/mol. The number of Topliss-reactive ketones (excluding diaryl/α,β-unsaturated/α-hetero) is 1. The van der Waals surface area contributed by atoms with Crippen LogP contribution in [0.15, 0.2) is 12.2 Å². The van der Waals surface area contributed by atoms with Crippen molar-refractivity contribution in [3.05, 3.63) is 12.2 Å². The second-order valence-corrected chi connectivity index (χ2v) is 4.68. The molecule has 0 radical (unpaired) electrons. The molecule has 2 aliphatic carbocycles. The van der Waals surface area contributed by atoms with Crippen molar-refractivity contribution < 1.29 is 14.3 Å². The molecule has 0 spiro atoms. The monoisotopic (exact) mass is 222 g/mol. The second-order valence-electron chi connectivity index (χ2n) is 4.68. The zero-order valence-electron chi connectivity index (χ0n) is 9.75. The number of ketones is 1. The van der Waals surface area contributed by atoms with Crippen LogP contribution in [0.4, 0.5) is 0 Å². The Bertz CT molecular complexity index is 345. The van der Waals surface area contributed by atoms with Crippen molar-refractivity contribution in [3.8, 4) is 0 Å². The highest BCUT2D eigenvalue weighted by Crippen LogP contribution is 2.53. The topological polar surface area (TPSA) is 43.4 Å². The number of hydrogen-bond acceptors (Lipinski definition) is 3. The van der Waals surface area contributed by atoms with Gasteiger partial charge in [-0.2, -0.15) is 0 Å². The molecule has 3 heteroatoms. The number of esters is 1. The number of carbonyl (C=O) groups excluding carboxylic acids is 2. The van der Waals surface area contributed by atoms with E-state index in [0.717, 1.165) is 31.3 Å². The molecule has 2 saturated carbocycles. The van der Waals surface area contributed by atoms with E-state index in [1.807, 2.05) is 0 Å². The molecule has 2 atom stereocenters. The third kappa shape index (κ3) is 1.34. The zero-order chi connectivity index (χ0) is 11.8. The van der Waals surface area contributed by atoms with Crippen LogP contribution in [0.2, 0.25) is 0 Å². The quantitative estimate of drug-likeness (QED) is 0.409. The molecule has 0 saturated heterocycles. The smallest absolute Gasteiger partial charge is 0.324 e. The van der Waals surface area contributed by atoms with Gasteiger partial charge in [0.15, 0.2) is 5.78 Å². The number of ether oxygens (including phenoxy) is 1. The van der Waals surface area contributed by atoms with Crippen molar-refractivity contribution in [1.29, 1.82) is 0 Å². The molecule has 3 nitrogen and oxygen atoms in total. The lowest BCUT2D eigenvalue weighted by molar-refractivity contribution is -0.161. The summed E-state index contributed by atoms with van der Waals surface area (Å²) in [4.78, 5) is 24.3. The van der Waals surface area contributed by atoms with Gasteiger partial charge in [0, 0.05) is 6.42 Å². The summed E-state index contributed by atoms with van der Waals surface area (Å²) in [5, 5.41) is 0. The fraction of sp³-hybridized carbons (Fsp3) is 0.692. The normalized spacial score (nSPS) is 33.7. The first kappa shape index (κ1) is 11.4. The maximum atomic E-state index is 12.2. The first-order valence-corrected chi connectivity index (χ1v) is 6.02. The van der Waals surface area contributed by atoms with Gasteiger partial charge in [-0.25, -0.2) is 0 Å². The molecule has 2 rings (SSSR count). The van der Waals surface area contributed by atoms with Crippen LogP contribution in [-0.4, -0.2) is 18.4 Å². The summed E-state index contributed by atoms with van der Waals surface area (Å²) in [7, 11) is 0. The first-order valence-electron chi connectivity index (χ1n) is 6.02. The molecular weight excluding hydrogens is 204 g/mol. The molecule has 2 aliphatic rings.